The van der Waals surface area contributed by atoms with Crippen molar-refractivity contribution in [1.82, 2.24) is 0 Å². The van der Waals surface area contributed by atoms with Crippen LogP contribution in [0.15, 0.2) is 0 Å². The van der Waals surface area contributed by atoms with Gasteiger partial charge in [-0.05, 0) is 26.2 Å². The molecule has 0 atom stereocenters. The Morgan fingerprint density at radius 3 is 1.69 bits per heavy atom. The van der Waals surface area contributed by atoms with Crippen molar-refractivity contribution in [2.24, 2.45) is 5.41 Å². The van der Waals surface area contributed by atoms with Gasteiger partial charge in [0.25, 0.3) is 6.47 Å². The van der Waals surface area contributed by atoms with E-state index in [-0.39, 0.29) is 17.4 Å². The molecule has 0 aromatic carbocycles. The molecule has 0 heterocycles. The van der Waals surface area contributed by atoms with Crippen LogP contribution in [0.1, 0.15) is 48.0 Å². The lowest BCUT2D eigenvalue weighted by atomic mass is 9.93. The zero-order chi connectivity index (χ0) is 13.4. The summed E-state index contributed by atoms with van der Waals surface area (Å²) >= 11 is 0. The predicted molar refractivity (Wildman–Crippen MR) is 59.7 cm³/mol. The highest BCUT2D eigenvalue weighted by atomic mass is 17.1. The molecule has 0 bridgehead atoms. The van der Waals surface area contributed by atoms with E-state index in [4.69, 9.17) is 5.26 Å². The van der Waals surface area contributed by atoms with Crippen LogP contribution in [0.5, 0.6) is 0 Å². The molecule has 0 amide bonds. The van der Waals surface area contributed by atoms with Crippen LogP contribution >= 0.6 is 0 Å². The van der Waals surface area contributed by atoms with E-state index in [1.165, 1.54) is 0 Å². The molecule has 5 nitrogen and oxygen atoms in total. The topological polar surface area (TPSA) is 72.8 Å². The van der Waals surface area contributed by atoms with Crippen molar-refractivity contribution in [3.8, 4) is 0 Å². The van der Waals surface area contributed by atoms with Crippen molar-refractivity contribution in [1.29, 1.82) is 0 Å². The zero-order valence-electron chi connectivity index (χ0n) is 10.9. The van der Waals surface area contributed by atoms with E-state index >= 15 is 0 Å². The minimum absolute atomic E-state index is 0.111. The molecule has 0 rings (SSSR count). The summed E-state index contributed by atoms with van der Waals surface area (Å²) < 4.78 is 4.55. The van der Waals surface area contributed by atoms with Crippen LogP contribution in [0.4, 0.5) is 0 Å². The summed E-state index contributed by atoms with van der Waals surface area (Å²) in [7, 11) is 0. The smallest absolute Gasteiger partial charge is 0.342 e. The lowest BCUT2D eigenvalue weighted by Gasteiger charge is -2.14. The van der Waals surface area contributed by atoms with Gasteiger partial charge in [0, 0.05) is 0 Å². The zero-order valence-corrected chi connectivity index (χ0v) is 10.9. The predicted octanol–water partition coefficient (Wildman–Crippen LogP) is 2.40. The number of hydrogen-bond acceptors (Lipinski definition) is 5. The first-order valence-electron chi connectivity index (χ1n) is 4.97. The molecule has 5 heteroatoms. The number of carbonyl (C=O) groups excluding carboxylic acids is 2. The van der Waals surface area contributed by atoms with Crippen LogP contribution in [0, 0.1) is 5.41 Å². The van der Waals surface area contributed by atoms with Gasteiger partial charge in [-0.15, -0.1) is 0 Å². The third kappa shape index (κ3) is 18.6. The number of rotatable bonds is 2. The minimum Gasteiger partial charge on any atom is -0.462 e. The molecule has 0 aliphatic carbocycles. The van der Waals surface area contributed by atoms with Crippen LogP contribution in [0.25, 0.3) is 0 Å². The van der Waals surface area contributed by atoms with Crippen LogP contribution in [-0.2, 0) is 19.2 Å². The standard InChI is InChI=1S/C6H12O3.C5H10O2/c1-6(2,3)4-5(7)9-8;1-5(2,3)7-4-6/h8H,4H2,1-3H3;4H,1-3H3. The second kappa shape index (κ2) is 7.22. The molecule has 0 unspecified atom stereocenters. The van der Waals surface area contributed by atoms with Crippen LogP contribution in [-0.4, -0.2) is 23.3 Å². The van der Waals surface area contributed by atoms with Crippen LogP contribution in [0.2, 0.25) is 0 Å². The van der Waals surface area contributed by atoms with Gasteiger partial charge in [0.05, 0.1) is 6.42 Å². The Hall–Kier alpha value is -1.10. The lowest BCUT2D eigenvalue weighted by Crippen LogP contribution is -2.17. The van der Waals surface area contributed by atoms with E-state index in [0.717, 1.165) is 0 Å². The van der Waals surface area contributed by atoms with Crippen molar-refractivity contribution < 1.29 is 24.5 Å². The third-order valence-electron chi connectivity index (χ3n) is 1.18. The summed E-state index contributed by atoms with van der Waals surface area (Å²) in [4.78, 5) is 23.4. The van der Waals surface area contributed by atoms with Crippen molar-refractivity contribution in [3.05, 3.63) is 0 Å². The average molecular weight is 234 g/mol. The Morgan fingerprint density at radius 1 is 1.19 bits per heavy atom. The fourth-order valence-electron chi connectivity index (χ4n) is 0.610. The van der Waals surface area contributed by atoms with E-state index in [2.05, 4.69) is 9.62 Å². The first-order chi connectivity index (χ1) is 7.02. The quantitative estimate of drug-likeness (QED) is 0.451. The largest absolute Gasteiger partial charge is 0.462 e. The minimum atomic E-state index is -0.581. The Balaban J connectivity index is 0. The highest BCUT2D eigenvalue weighted by molar-refractivity contribution is 5.69. The van der Waals surface area contributed by atoms with Gasteiger partial charge in [0.15, 0.2) is 0 Å². The first kappa shape index (κ1) is 17.3. The second-order valence-corrected chi connectivity index (χ2v) is 5.53. The fourth-order valence-corrected chi connectivity index (χ4v) is 0.610. The van der Waals surface area contributed by atoms with E-state index in [0.29, 0.717) is 6.47 Å². The number of hydrogen-bond donors (Lipinski definition) is 1. The van der Waals surface area contributed by atoms with Gasteiger partial charge in [-0.3, -0.25) is 4.79 Å². The van der Waals surface area contributed by atoms with Gasteiger partial charge in [-0.2, -0.15) is 5.26 Å². The first-order valence-corrected chi connectivity index (χ1v) is 4.97. The second-order valence-electron chi connectivity index (χ2n) is 5.53. The SMILES string of the molecule is CC(C)(C)CC(=O)OO.CC(C)(C)OC=O. The monoisotopic (exact) mass is 234 g/mol. The van der Waals surface area contributed by atoms with E-state index in [9.17, 15) is 9.59 Å². The van der Waals surface area contributed by atoms with E-state index < -0.39 is 5.97 Å². The average Bonchev–Trinajstić information content (AvgIpc) is 1.99. The third-order valence-corrected chi connectivity index (χ3v) is 1.18. The highest BCUT2D eigenvalue weighted by Gasteiger charge is 2.16. The highest BCUT2D eigenvalue weighted by Crippen LogP contribution is 2.18. The summed E-state index contributed by atoms with van der Waals surface area (Å²) in [6.07, 6.45) is 0.240. The van der Waals surface area contributed by atoms with Gasteiger partial charge >= 0.3 is 5.97 Å². The lowest BCUT2D eigenvalue weighted by molar-refractivity contribution is -0.236. The Morgan fingerprint density at radius 2 is 1.62 bits per heavy atom. The van der Waals surface area contributed by atoms with Gasteiger partial charge in [-0.25, -0.2) is 4.79 Å². The molecule has 0 spiro atoms. The molecule has 0 aromatic heterocycles. The normalized spacial score (nSPS) is 10.9. The Kier molecular flexibility index (Phi) is 7.81. The molecule has 0 aliphatic rings. The fraction of sp³-hybridized carbons (Fsp3) is 0.818. The summed E-state index contributed by atoms with van der Waals surface area (Å²) in [5.41, 5.74) is -0.429. The molecule has 0 saturated heterocycles. The maximum Gasteiger partial charge on any atom is 0.342 e. The molecule has 0 fully saturated rings. The number of ether oxygens (including phenoxy) is 1. The maximum absolute atomic E-state index is 10.4. The summed E-state index contributed by atoms with van der Waals surface area (Å²) in [6.45, 7) is 11.6. The summed E-state index contributed by atoms with van der Waals surface area (Å²) in [5, 5.41) is 7.85. The van der Waals surface area contributed by atoms with Crippen molar-refractivity contribution in [2.45, 2.75) is 53.6 Å². The van der Waals surface area contributed by atoms with Gasteiger partial charge in [0.2, 0.25) is 0 Å². The van der Waals surface area contributed by atoms with Crippen molar-refractivity contribution in [3.63, 3.8) is 0 Å². The molecule has 96 valence electrons. The van der Waals surface area contributed by atoms with Gasteiger partial charge < -0.3 is 9.62 Å². The molecule has 0 aromatic rings. The summed E-state index contributed by atoms with van der Waals surface area (Å²) in [6, 6.07) is 0. The molecule has 16 heavy (non-hydrogen) atoms. The summed E-state index contributed by atoms with van der Waals surface area (Å²) in [5.74, 6) is -0.581. The molecule has 0 radical (unpaired) electrons. The van der Waals surface area contributed by atoms with Crippen molar-refractivity contribution in [2.75, 3.05) is 0 Å². The Bertz CT molecular complexity index is 209. The molecule has 0 saturated carbocycles. The van der Waals surface area contributed by atoms with Crippen LogP contribution in [0.3, 0.4) is 0 Å². The Labute approximate surface area is 96.7 Å². The maximum atomic E-state index is 10.4. The van der Waals surface area contributed by atoms with Crippen molar-refractivity contribution >= 4 is 12.4 Å². The van der Waals surface area contributed by atoms with Gasteiger partial charge in [0.1, 0.15) is 5.60 Å². The molecule has 1 N–H and O–H groups in total. The number of carbonyl (C=O) groups is 2. The molecule has 0 aliphatic heterocycles. The van der Waals surface area contributed by atoms with Crippen LogP contribution < -0.4 is 0 Å². The van der Waals surface area contributed by atoms with Gasteiger partial charge in [-0.1, -0.05) is 20.8 Å². The van der Waals surface area contributed by atoms with E-state index in [1.807, 2.05) is 41.5 Å². The molecular formula is C11H22O5. The van der Waals surface area contributed by atoms with E-state index in [1.54, 1.807) is 0 Å². The molecular weight excluding hydrogens is 212 g/mol.